The third kappa shape index (κ3) is 4.67. The van der Waals surface area contributed by atoms with Crippen LogP contribution in [0.1, 0.15) is 19.8 Å². The molecule has 1 heterocycles. The van der Waals surface area contributed by atoms with Gasteiger partial charge in [0.15, 0.2) is 11.5 Å². The Hall–Kier alpha value is -2.49. The van der Waals surface area contributed by atoms with Crippen molar-refractivity contribution < 1.29 is 27.5 Å². The lowest BCUT2D eigenvalue weighted by Crippen LogP contribution is -2.52. The topological polar surface area (TPSA) is 119 Å². The number of rotatable bonds is 7. The van der Waals surface area contributed by atoms with E-state index >= 15 is 0 Å². The number of likely N-dealkylation sites (tertiary alicyclic amines) is 1. The van der Waals surface area contributed by atoms with Gasteiger partial charge in [0.2, 0.25) is 21.8 Å². The fourth-order valence-electron chi connectivity index (χ4n) is 3.41. The van der Waals surface area contributed by atoms with Gasteiger partial charge in [0.05, 0.1) is 26.2 Å². The van der Waals surface area contributed by atoms with Crippen LogP contribution in [0.3, 0.4) is 0 Å². The Balaban J connectivity index is 2.29. The first-order chi connectivity index (χ1) is 13.1. The third-order valence-electron chi connectivity index (χ3n) is 4.90. The molecule has 0 radical (unpaired) electrons. The lowest BCUT2D eigenvalue weighted by molar-refractivity contribution is -0.135. The molecule has 1 aromatic rings. The molecule has 0 bridgehead atoms. The summed E-state index contributed by atoms with van der Waals surface area (Å²) in [6.07, 6.45) is 2.00. The quantitative estimate of drug-likeness (QED) is 0.698. The number of ether oxygens (including phenoxy) is 2. The van der Waals surface area contributed by atoms with Crippen LogP contribution in [0, 0.1) is 5.92 Å². The lowest BCUT2D eigenvalue weighted by atomic mass is 9.96. The van der Waals surface area contributed by atoms with Crippen LogP contribution in [0.5, 0.6) is 11.5 Å². The molecule has 0 unspecified atom stereocenters. The van der Waals surface area contributed by atoms with Gasteiger partial charge in [0.25, 0.3) is 0 Å². The van der Waals surface area contributed by atoms with E-state index < -0.39 is 16.1 Å². The monoisotopic (exact) mass is 413 g/mol. The molecular weight excluding hydrogens is 386 g/mol. The normalized spacial score (nSPS) is 16.4. The molecule has 10 heteroatoms. The third-order valence-corrected chi connectivity index (χ3v) is 6.14. The van der Waals surface area contributed by atoms with Crippen molar-refractivity contribution in [3.05, 3.63) is 18.2 Å². The SMILES string of the molecule is COc1ccc(N([C@H](C)C(=O)N2CCC(C(N)=O)CC2)S(C)(=O)=O)cc1OC. The number of nitrogens with two attached hydrogens (primary N) is 1. The molecule has 2 amide bonds. The van der Waals surface area contributed by atoms with E-state index in [1.165, 1.54) is 20.3 Å². The molecule has 1 fully saturated rings. The second-order valence-electron chi connectivity index (χ2n) is 6.78. The Bertz CT molecular complexity index is 834. The number of hydrogen-bond donors (Lipinski definition) is 1. The van der Waals surface area contributed by atoms with Crippen molar-refractivity contribution in [2.45, 2.75) is 25.8 Å². The van der Waals surface area contributed by atoms with Gasteiger partial charge in [-0.15, -0.1) is 0 Å². The first-order valence-corrected chi connectivity index (χ1v) is 10.7. The maximum absolute atomic E-state index is 13.0. The van der Waals surface area contributed by atoms with Gasteiger partial charge in [-0.3, -0.25) is 13.9 Å². The first kappa shape index (κ1) is 21.8. The zero-order chi connectivity index (χ0) is 21.1. The first-order valence-electron chi connectivity index (χ1n) is 8.89. The number of carbonyl (C=O) groups excluding carboxylic acids is 2. The number of anilines is 1. The number of benzene rings is 1. The fraction of sp³-hybridized carbons (Fsp3) is 0.556. The zero-order valence-electron chi connectivity index (χ0n) is 16.5. The van der Waals surface area contributed by atoms with Gasteiger partial charge in [-0.1, -0.05) is 0 Å². The van der Waals surface area contributed by atoms with Crippen LogP contribution in [0.15, 0.2) is 18.2 Å². The summed E-state index contributed by atoms with van der Waals surface area (Å²) in [6.45, 7) is 2.26. The minimum Gasteiger partial charge on any atom is -0.493 e. The van der Waals surface area contributed by atoms with Crippen LogP contribution in [0.2, 0.25) is 0 Å². The highest BCUT2D eigenvalue weighted by molar-refractivity contribution is 7.92. The number of nitrogens with zero attached hydrogens (tertiary/aromatic N) is 2. The average Bonchev–Trinajstić information content (AvgIpc) is 2.66. The summed E-state index contributed by atoms with van der Waals surface area (Å²) in [5, 5.41) is 0. The summed E-state index contributed by atoms with van der Waals surface area (Å²) >= 11 is 0. The maximum Gasteiger partial charge on any atom is 0.246 e. The van der Waals surface area contributed by atoms with Crippen molar-refractivity contribution in [2.75, 3.05) is 37.9 Å². The molecule has 1 atom stereocenters. The summed E-state index contributed by atoms with van der Waals surface area (Å²) in [4.78, 5) is 25.8. The second kappa shape index (κ2) is 8.68. The Morgan fingerprint density at radius 2 is 1.75 bits per heavy atom. The minimum absolute atomic E-state index is 0.254. The van der Waals surface area contributed by atoms with E-state index in [2.05, 4.69) is 0 Å². The molecule has 2 N–H and O–H groups in total. The van der Waals surface area contributed by atoms with Crippen LogP contribution < -0.4 is 19.5 Å². The summed E-state index contributed by atoms with van der Waals surface area (Å²) in [7, 11) is -0.826. The van der Waals surface area contributed by atoms with E-state index in [4.69, 9.17) is 15.2 Å². The van der Waals surface area contributed by atoms with Crippen LogP contribution in [0.25, 0.3) is 0 Å². The molecule has 1 saturated heterocycles. The number of methoxy groups -OCH3 is 2. The van der Waals surface area contributed by atoms with Gasteiger partial charge >= 0.3 is 0 Å². The summed E-state index contributed by atoms with van der Waals surface area (Å²) in [5.41, 5.74) is 5.63. The van der Waals surface area contributed by atoms with Gasteiger partial charge in [0, 0.05) is 25.1 Å². The molecule has 0 aromatic heterocycles. The molecule has 156 valence electrons. The molecule has 1 aliphatic rings. The van der Waals surface area contributed by atoms with Gasteiger partial charge in [-0.25, -0.2) is 8.42 Å². The number of primary amides is 1. The Kier molecular flexibility index (Phi) is 6.76. The minimum atomic E-state index is -3.75. The van der Waals surface area contributed by atoms with Crippen LogP contribution >= 0.6 is 0 Å². The molecule has 9 nitrogen and oxygen atoms in total. The van der Waals surface area contributed by atoms with Crippen LogP contribution in [0.4, 0.5) is 5.69 Å². The number of carbonyl (C=O) groups is 2. The largest absolute Gasteiger partial charge is 0.493 e. The van der Waals surface area contributed by atoms with Crippen molar-refractivity contribution in [2.24, 2.45) is 11.7 Å². The Labute approximate surface area is 165 Å². The Morgan fingerprint density at radius 3 is 2.21 bits per heavy atom. The number of piperidine rings is 1. The number of amides is 2. The van der Waals surface area contributed by atoms with Crippen molar-refractivity contribution in [1.82, 2.24) is 4.90 Å². The van der Waals surface area contributed by atoms with E-state index in [1.807, 2.05) is 0 Å². The van der Waals surface area contributed by atoms with E-state index in [9.17, 15) is 18.0 Å². The predicted molar refractivity (Wildman–Crippen MR) is 105 cm³/mol. The highest BCUT2D eigenvalue weighted by atomic mass is 32.2. The number of sulfonamides is 1. The molecule has 1 aliphatic heterocycles. The molecular formula is C18H27N3O6S. The van der Waals surface area contributed by atoms with Crippen LogP contribution in [-0.4, -0.2) is 64.7 Å². The molecule has 0 saturated carbocycles. The highest BCUT2D eigenvalue weighted by Gasteiger charge is 2.34. The summed E-state index contributed by atoms with van der Waals surface area (Å²) < 4.78 is 36.5. The highest BCUT2D eigenvalue weighted by Crippen LogP contribution is 2.33. The van der Waals surface area contributed by atoms with E-state index in [1.54, 1.807) is 24.0 Å². The molecule has 0 spiro atoms. The van der Waals surface area contributed by atoms with Crippen molar-refractivity contribution >= 4 is 27.5 Å². The summed E-state index contributed by atoms with van der Waals surface area (Å²) in [5.74, 6) is -0.148. The summed E-state index contributed by atoms with van der Waals surface area (Å²) in [6, 6.07) is 3.70. The van der Waals surface area contributed by atoms with Gasteiger partial charge < -0.3 is 20.1 Å². The van der Waals surface area contributed by atoms with Crippen molar-refractivity contribution in [1.29, 1.82) is 0 Å². The maximum atomic E-state index is 13.0. The standard InChI is InChI=1S/C18H27N3O6S/c1-12(18(23)20-9-7-13(8-10-20)17(19)22)21(28(4,24)25)14-5-6-15(26-2)16(11-14)27-3/h5-6,11-13H,7-10H2,1-4H3,(H2,19,22)/t12-/m1/s1. The molecule has 1 aromatic carbocycles. The average molecular weight is 413 g/mol. The lowest BCUT2D eigenvalue weighted by Gasteiger charge is -2.36. The fourth-order valence-corrected chi connectivity index (χ4v) is 4.57. The smallest absolute Gasteiger partial charge is 0.246 e. The van der Waals surface area contributed by atoms with E-state index in [0.717, 1.165) is 10.6 Å². The zero-order valence-corrected chi connectivity index (χ0v) is 17.4. The number of hydrogen-bond acceptors (Lipinski definition) is 6. The second-order valence-corrected chi connectivity index (χ2v) is 8.64. The predicted octanol–water partition coefficient (Wildman–Crippen LogP) is 0.582. The molecule has 2 rings (SSSR count). The van der Waals surface area contributed by atoms with Crippen LogP contribution in [-0.2, 0) is 19.6 Å². The molecule has 0 aliphatic carbocycles. The van der Waals surface area contributed by atoms with Gasteiger partial charge in [0.1, 0.15) is 6.04 Å². The van der Waals surface area contributed by atoms with Crippen molar-refractivity contribution in [3.63, 3.8) is 0 Å². The molecule has 28 heavy (non-hydrogen) atoms. The van der Waals surface area contributed by atoms with Gasteiger partial charge in [-0.2, -0.15) is 0 Å². The van der Waals surface area contributed by atoms with Crippen molar-refractivity contribution in [3.8, 4) is 11.5 Å². The van der Waals surface area contributed by atoms with E-state index in [0.29, 0.717) is 43.1 Å². The Morgan fingerprint density at radius 1 is 1.18 bits per heavy atom. The van der Waals surface area contributed by atoms with E-state index in [-0.39, 0.29) is 17.7 Å². The van der Waals surface area contributed by atoms with Gasteiger partial charge in [-0.05, 0) is 31.9 Å².